The lowest BCUT2D eigenvalue weighted by Gasteiger charge is -2.11. The Kier molecular flexibility index (Phi) is 13.4. The predicted octanol–water partition coefficient (Wildman–Crippen LogP) is 5.67. The normalized spacial score (nSPS) is 13.2. The fourth-order valence-corrected chi connectivity index (χ4v) is 2.47. The first-order chi connectivity index (χ1) is 8.66. The minimum absolute atomic E-state index is 0.466. The molecule has 1 atom stereocenters. The minimum atomic E-state index is 0.466. The van der Waals surface area contributed by atoms with E-state index in [4.69, 9.17) is 5.73 Å². The SMILES string of the molecule is CCCCCCCCCC(N)CCCCC(C)C. The van der Waals surface area contributed by atoms with E-state index in [1.54, 1.807) is 0 Å². The summed E-state index contributed by atoms with van der Waals surface area (Å²) in [5.41, 5.74) is 6.15. The van der Waals surface area contributed by atoms with Crippen LogP contribution in [-0.4, -0.2) is 6.04 Å². The summed E-state index contributed by atoms with van der Waals surface area (Å²) >= 11 is 0. The molecule has 0 aromatic heterocycles. The summed E-state index contributed by atoms with van der Waals surface area (Å²) in [6, 6.07) is 0.466. The quantitative estimate of drug-likeness (QED) is 0.421. The van der Waals surface area contributed by atoms with Crippen molar-refractivity contribution in [2.75, 3.05) is 0 Å². The monoisotopic (exact) mass is 255 g/mol. The summed E-state index contributed by atoms with van der Waals surface area (Å²) in [5, 5.41) is 0. The smallest absolute Gasteiger partial charge is 0.00388 e. The van der Waals surface area contributed by atoms with Crippen LogP contribution in [0.3, 0.4) is 0 Å². The van der Waals surface area contributed by atoms with E-state index in [0.29, 0.717) is 6.04 Å². The standard InChI is InChI=1S/C17H37N/c1-4-5-6-7-8-9-10-14-17(18)15-12-11-13-16(2)3/h16-17H,4-15,18H2,1-3H3. The van der Waals surface area contributed by atoms with Crippen molar-refractivity contribution in [2.45, 2.75) is 104 Å². The zero-order valence-electron chi connectivity index (χ0n) is 13.2. The Hall–Kier alpha value is -0.0400. The molecule has 0 rings (SSSR count). The van der Waals surface area contributed by atoms with E-state index in [1.165, 1.54) is 77.0 Å². The first-order valence-corrected chi connectivity index (χ1v) is 8.42. The number of hydrogen-bond donors (Lipinski definition) is 1. The van der Waals surface area contributed by atoms with E-state index in [9.17, 15) is 0 Å². The first-order valence-electron chi connectivity index (χ1n) is 8.42. The third-order valence-corrected chi connectivity index (χ3v) is 3.78. The summed E-state index contributed by atoms with van der Waals surface area (Å²) in [4.78, 5) is 0. The van der Waals surface area contributed by atoms with E-state index in [1.807, 2.05) is 0 Å². The summed E-state index contributed by atoms with van der Waals surface area (Å²) < 4.78 is 0. The topological polar surface area (TPSA) is 26.0 Å². The number of hydrogen-bond acceptors (Lipinski definition) is 1. The second-order valence-electron chi connectivity index (χ2n) is 6.35. The molecule has 110 valence electrons. The average molecular weight is 255 g/mol. The van der Waals surface area contributed by atoms with Crippen LogP contribution in [0.1, 0.15) is 97.8 Å². The van der Waals surface area contributed by atoms with Gasteiger partial charge in [0.2, 0.25) is 0 Å². The maximum atomic E-state index is 6.15. The second kappa shape index (κ2) is 13.4. The molecule has 0 saturated carbocycles. The molecule has 2 N–H and O–H groups in total. The third kappa shape index (κ3) is 14.0. The molecule has 0 radical (unpaired) electrons. The van der Waals surface area contributed by atoms with Crippen molar-refractivity contribution in [1.82, 2.24) is 0 Å². The van der Waals surface area contributed by atoms with Crippen LogP contribution in [-0.2, 0) is 0 Å². The Morgan fingerprint density at radius 1 is 0.667 bits per heavy atom. The Labute approximate surface area is 116 Å². The van der Waals surface area contributed by atoms with Crippen LogP contribution in [0.25, 0.3) is 0 Å². The van der Waals surface area contributed by atoms with Crippen molar-refractivity contribution in [2.24, 2.45) is 11.7 Å². The van der Waals surface area contributed by atoms with E-state index in [0.717, 1.165) is 5.92 Å². The highest BCUT2D eigenvalue weighted by molar-refractivity contribution is 4.62. The van der Waals surface area contributed by atoms with Gasteiger partial charge in [-0.25, -0.2) is 0 Å². The Morgan fingerprint density at radius 3 is 1.67 bits per heavy atom. The van der Waals surface area contributed by atoms with Gasteiger partial charge in [-0.1, -0.05) is 85.0 Å². The highest BCUT2D eigenvalue weighted by Crippen LogP contribution is 2.13. The lowest BCUT2D eigenvalue weighted by Crippen LogP contribution is -2.19. The average Bonchev–Trinajstić information content (AvgIpc) is 2.33. The lowest BCUT2D eigenvalue weighted by atomic mass is 9.99. The van der Waals surface area contributed by atoms with Gasteiger partial charge in [-0.3, -0.25) is 0 Å². The molecule has 0 aliphatic carbocycles. The van der Waals surface area contributed by atoms with Crippen molar-refractivity contribution < 1.29 is 0 Å². The minimum Gasteiger partial charge on any atom is -0.328 e. The van der Waals surface area contributed by atoms with Gasteiger partial charge in [0.15, 0.2) is 0 Å². The number of rotatable bonds is 13. The van der Waals surface area contributed by atoms with E-state index in [-0.39, 0.29) is 0 Å². The fourth-order valence-electron chi connectivity index (χ4n) is 2.47. The molecule has 0 saturated heterocycles. The molecule has 1 nitrogen and oxygen atoms in total. The zero-order valence-corrected chi connectivity index (χ0v) is 13.2. The van der Waals surface area contributed by atoms with Crippen molar-refractivity contribution in [3.63, 3.8) is 0 Å². The van der Waals surface area contributed by atoms with Crippen LogP contribution < -0.4 is 5.73 Å². The molecule has 0 aromatic carbocycles. The van der Waals surface area contributed by atoms with Crippen LogP contribution >= 0.6 is 0 Å². The van der Waals surface area contributed by atoms with Crippen LogP contribution in [0, 0.1) is 5.92 Å². The lowest BCUT2D eigenvalue weighted by molar-refractivity contribution is 0.467. The van der Waals surface area contributed by atoms with E-state index in [2.05, 4.69) is 20.8 Å². The Morgan fingerprint density at radius 2 is 1.11 bits per heavy atom. The van der Waals surface area contributed by atoms with Crippen molar-refractivity contribution in [1.29, 1.82) is 0 Å². The largest absolute Gasteiger partial charge is 0.328 e. The molecule has 0 aromatic rings. The van der Waals surface area contributed by atoms with Gasteiger partial charge >= 0.3 is 0 Å². The van der Waals surface area contributed by atoms with Crippen molar-refractivity contribution in [3.05, 3.63) is 0 Å². The highest BCUT2D eigenvalue weighted by Gasteiger charge is 2.02. The molecule has 0 fully saturated rings. The van der Waals surface area contributed by atoms with Gasteiger partial charge in [0.25, 0.3) is 0 Å². The van der Waals surface area contributed by atoms with Gasteiger partial charge in [-0.05, 0) is 18.8 Å². The van der Waals surface area contributed by atoms with E-state index >= 15 is 0 Å². The molecule has 0 amide bonds. The van der Waals surface area contributed by atoms with Crippen LogP contribution in [0.5, 0.6) is 0 Å². The summed E-state index contributed by atoms with van der Waals surface area (Å²) in [5.74, 6) is 0.851. The molecular formula is C17H37N. The van der Waals surface area contributed by atoms with Crippen molar-refractivity contribution in [3.8, 4) is 0 Å². The molecule has 0 heterocycles. The van der Waals surface area contributed by atoms with Crippen LogP contribution in [0.2, 0.25) is 0 Å². The molecule has 0 bridgehead atoms. The zero-order chi connectivity index (χ0) is 13.6. The number of nitrogens with two attached hydrogens (primary N) is 1. The molecule has 18 heavy (non-hydrogen) atoms. The summed E-state index contributed by atoms with van der Waals surface area (Å²) in [6.45, 7) is 6.88. The van der Waals surface area contributed by atoms with Gasteiger partial charge < -0.3 is 5.73 Å². The summed E-state index contributed by atoms with van der Waals surface area (Å²) in [7, 11) is 0. The third-order valence-electron chi connectivity index (χ3n) is 3.78. The van der Waals surface area contributed by atoms with Crippen LogP contribution in [0.4, 0.5) is 0 Å². The van der Waals surface area contributed by atoms with Gasteiger partial charge in [0.1, 0.15) is 0 Å². The number of unbranched alkanes of at least 4 members (excludes halogenated alkanes) is 7. The first kappa shape index (κ1) is 18.0. The van der Waals surface area contributed by atoms with Gasteiger partial charge in [0.05, 0.1) is 0 Å². The molecule has 0 aliphatic rings. The predicted molar refractivity (Wildman–Crippen MR) is 83.9 cm³/mol. The van der Waals surface area contributed by atoms with E-state index < -0.39 is 0 Å². The van der Waals surface area contributed by atoms with Gasteiger partial charge in [-0.15, -0.1) is 0 Å². The molecule has 0 aliphatic heterocycles. The Balaban J connectivity index is 3.14. The van der Waals surface area contributed by atoms with Gasteiger partial charge in [-0.2, -0.15) is 0 Å². The Bertz CT molecular complexity index is 154. The molecule has 1 heteroatoms. The van der Waals surface area contributed by atoms with Gasteiger partial charge in [0, 0.05) is 6.04 Å². The fraction of sp³-hybridized carbons (Fsp3) is 1.00. The molecule has 1 unspecified atom stereocenters. The maximum absolute atomic E-state index is 6.15. The molecule has 0 spiro atoms. The molecular weight excluding hydrogens is 218 g/mol. The second-order valence-corrected chi connectivity index (χ2v) is 6.35. The highest BCUT2D eigenvalue weighted by atomic mass is 14.6. The maximum Gasteiger partial charge on any atom is 0.00388 e. The van der Waals surface area contributed by atoms with Crippen molar-refractivity contribution >= 4 is 0 Å². The van der Waals surface area contributed by atoms with Crippen LogP contribution in [0.15, 0.2) is 0 Å². The summed E-state index contributed by atoms with van der Waals surface area (Å²) in [6.07, 6.45) is 16.3.